The number of para-hydroxylation sites is 1. The summed E-state index contributed by atoms with van der Waals surface area (Å²) in [4.78, 5) is 18.2. The molecule has 0 spiro atoms. The van der Waals surface area contributed by atoms with Gasteiger partial charge in [0.2, 0.25) is 11.8 Å². The second-order valence-electron chi connectivity index (χ2n) is 5.63. The number of aromatic nitrogens is 1. The van der Waals surface area contributed by atoms with Crippen molar-refractivity contribution >= 4 is 5.91 Å². The molecule has 0 radical (unpaired) electrons. The molecule has 1 aromatic heterocycles. The zero-order valence-electron chi connectivity index (χ0n) is 13.6. The van der Waals surface area contributed by atoms with Crippen LogP contribution in [0.2, 0.25) is 0 Å². The summed E-state index contributed by atoms with van der Waals surface area (Å²) >= 11 is 0. The van der Waals surface area contributed by atoms with Crippen molar-refractivity contribution in [2.75, 3.05) is 26.7 Å². The Bertz CT molecular complexity index is 661. The van der Waals surface area contributed by atoms with E-state index in [4.69, 9.17) is 9.47 Å². The van der Waals surface area contributed by atoms with Gasteiger partial charge in [0.25, 0.3) is 0 Å². The summed E-state index contributed by atoms with van der Waals surface area (Å²) in [7, 11) is 1.63. The largest absolute Gasteiger partial charge is 0.439 e. The highest BCUT2D eigenvalue weighted by molar-refractivity contribution is 5.80. The Hall–Kier alpha value is -2.44. The molecule has 2 heterocycles. The summed E-state index contributed by atoms with van der Waals surface area (Å²) in [6.45, 7) is 2.67. The number of morpholine rings is 1. The second-order valence-corrected chi connectivity index (χ2v) is 5.63. The summed E-state index contributed by atoms with van der Waals surface area (Å²) in [5.41, 5.74) is 1.08. The standard InChI is InChI=1S/C18H21N3O3/c1-19-18(22)16-13-21(9-10-23-16)12-14-7-8-17(20-11-14)24-15-5-3-2-4-6-15/h2-8,11,16H,9-10,12-13H2,1H3,(H,19,22)/t16-/m0/s1. The number of rotatable bonds is 5. The highest BCUT2D eigenvalue weighted by atomic mass is 16.5. The molecule has 1 aromatic carbocycles. The fourth-order valence-corrected chi connectivity index (χ4v) is 2.60. The van der Waals surface area contributed by atoms with Gasteiger partial charge in [-0.05, 0) is 17.7 Å². The van der Waals surface area contributed by atoms with Gasteiger partial charge in [0, 0.05) is 38.9 Å². The van der Waals surface area contributed by atoms with E-state index in [0.717, 1.165) is 24.4 Å². The van der Waals surface area contributed by atoms with E-state index >= 15 is 0 Å². The SMILES string of the molecule is CNC(=O)[C@@H]1CN(Cc2ccc(Oc3ccccc3)nc2)CCO1. The van der Waals surface area contributed by atoms with Crippen LogP contribution in [0.15, 0.2) is 48.7 Å². The van der Waals surface area contributed by atoms with Gasteiger partial charge >= 0.3 is 0 Å². The number of nitrogens with zero attached hydrogens (tertiary/aromatic N) is 2. The first kappa shape index (κ1) is 16.4. The molecule has 0 unspecified atom stereocenters. The maximum Gasteiger partial charge on any atom is 0.250 e. The fourth-order valence-electron chi connectivity index (χ4n) is 2.60. The normalized spacial score (nSPS) is 18.1. The molecule has 1 aliphatic rings. The van der Waals surface area contributed by atoms with Crippen LogP contribution in [0, 0.1) is 0 Å². The topological polar surface area (TPSA) is 63.7 Å². The van der Waals surface area contributed by atoms with E-state index < -0.39 is 6.10 Å². The lowest BCUT2D eigenvalue weighted by atomic mass is 10.2. The molecule has 1 fully saturated rings. The summed E-state index contributed by atoms with van der Waals surface area (Å²) in [5, 5.41) is 2.63. The maximum absolute atomic E-state index is 11.7. The van der Waals surface area contributed by atoms with E-state index in [9.17, 15) is 4.79 Å². The molecular weight excluding hydrogens is 306 g/mol. The smallest absolute Gasteiger partial charge is 0.250 e. The lowest BCUT2D eigenvalue weighted by molar-refractivity contribution is -0.138. The van der Waals surface area contributed by atoms with Gasteiger partial charge in [-0.2, -0.15) is 0 Å². The highest BCUT2D eigenvalue weighted by Gasteiger charge is 2.25. The van der Waals surface area contributed by atoms with E-state index in [0.29, 0.717) is 19.0 Å². The molecule has 1 atom stereocenters. The summed E-state index contributed by atoms with van der Waals surface area (Å²) in [6.07, 6.45) is 1.40. The molecule has 3 rings (SSSR count). The molecule has 126 valence electrons. The predicted octanol–water partition coefficient (Wildman–Crippen LogP) is 1.82. The van der Waals surface area contributed by atoms with Crippen molar-refractivity contribution < 1.29 is 14.3 Å². The zero-order valence-corrected chi connectivity index (χ0v) is 13.6. The number of likely N-dealkylation sites (N-methyl/N-ethyl adjacent to an activating group) is 1. The van der Waals surface area contributed by atoms with Gasteiger partial charge in [-0.3, -0.25) is 9.69 Å². The Balaban J connectivity index is 1.57. The molecule has 1 N–H and O–H groups in total. The van der Waals surface area contributed by atoms with E-state index in [1.165, 1.54) is 0 Å². The van der Waals surface area contributed by atoms with Gasteiger partial charge < -0.3 is 14.8 Å². The highest BCUT2D eigenvalue weighted by Crippen LogP contribution is 2.19. The number of ether oxygens (including phenoxy) is 2. The summed E-state index contributed by atoms with van der Waals surface area (Å²) in [6, 6.07) is 13.4. The lowest BCUT2D eigenvalue weighted by Crippen LogP contribution is -2.48. The van der Waals surface area contributed by atoms with E-state index in [1.807, 2.05) is 48.7 Å². The van der Waals surface area contributed by atoms with Crippen LogP contribution in [0.4, 0.5) is 0 Å². The molecule has 6 nitrogen and oxygen atoms in total. The van der Waals surface area contributed by atoms with Crippen molar-refractivity contribution in [1.82, 2.24) is 15.2 Å². The lowest BCUT2D eigenvalue weighted by Gasteiger charge is -2.31. The number of carbonyl (C=O) groups is 1. The Kier molecular flexibility index (Phi) is 5.40. The number of pyridine rings is 1. The minimum absolute atomic E-state index is 0.0792. The van der Waals surface area contributed by atoms with Crippen LogP contribution in [0.3, 0.4) is 0 Å². The van der Waals surface area contributed by atoms with Crippen LogP contribution in [-0.4, -0.2) is 48.6 Å². The zero-order chi connectivity index (χ0) is 16.8. The van der Waals surface area contributed by atoms with Gasteiger partial charge in [0.05, 0.1) is 6.61 Å². The quantitative estimate of drug-likeness (QED) is 0.907. The second kappa shape index (κ2) is 7.90. The molecule has 0 saturated carbocycles. The third-order valence-corrected chi connectivity index (χ3v) is 3.86. The van der Waals surface area contributed by atoms with Crippen LogP contribution in [0.25, 0.3) is 0 Å². The molecule has 0 bridgehead atoms. The number of nitrogens with one attached hydrogen (secondary N) is 1. The first-order chi connectivity index (χ1) is 11.7. The number of hydrogen-bond acceptors (Lipinski definition) is 5. The van der Waals surface area contributed by atoms with Gasteiger partial charge in [-0.15, -0.1) is 0 Å². The van der Waals surface area contributed by atoms with E-state index in [-0.39, 0.29) is 5.91 Å². The molecule has 1 aliphatic heterocycles. The first-order valence-corrected chi connectivity index (χ1v) is 7.98. The third-order valence-electron chi connectivity index (χ3n) is 3.86. The van der Waals surface area contributed by atoms with Crippen LogP contribution >= 0.6 is 0 Å². The van der Waals surface area contributed by atoms with Crippen molar-refractivity contribution in [3.8, 4) is 11.6 Å². The summed E-state index contributed by atoms with van der Waals surface area (Å²) in [5.74, 6) is 1.25. The molecule has 6 heteroatoms. The Morgan fingerprint density at radius 2 is 2.17 bits per heavy atom. The summed E-state index contributed by atoms with van der Waals surface area (Å²) < 4.78 is 11.2. The van der Waals surface area contributed by atoms with Crippen molar-refractivity contribution in [2.24, 2.45) is 0 Å². The van der Waals surface area contributed by atoms with Gasteiger partial charge in [-0.25, -0.2) is 4.98 Å². The van der Waals surface area contributed by atoms with Gasteiger partial charge in [-0.1, -0.05) is 24.3 Å². The minimum atomic E-state index is -0.405. The fraction of sp³-hybridized carbons (Fsp3) is 0.333. The maximum atomic E-state index is 11.7. The third kappa shape index (κ3) is 4.31. The van der Waals surface area contributed by atoms with Gasteiger partial charge in [0.15, 0.2) is 0 Å². The van der Waals surface area contributed by atoms with Crippen molar-refractivity contribution in [1.29, 1.82) is 0 Å². The predicted molar refractivity (Wildman–Crippen MR) is 89.8 cm³/mol. The Labute approximate surface area is 141 Å². The average Bonchev–Trinajstić information content (AvgIpc) is 2.64. The van der Waals surface area contributed by atoms with Crippen molar-refractivity contribution in [3.05, 3.63) is 54.2 Å². The van der Waals surface area contributed by atoms with Gasteiger partial charge in [0.1, 0.15) is 11.9 Å². The van der Waals surface area contributed by atoms with Crippen LogP contribution in [-0.2, 0) is 16.1 Å². The van der Waals surface area contributed by atoms with Crippen molar-refractivity contribution in [2.45, 2.75) is 12.6 Å². The average molecular weight is 327 g/mol. The molecule has 1 amide bonds. The molecule has 1 saturated heterocycles. The molecular formula is C18H21N3O3. The monoisotopic (exact) mass is 327 g/mol. The van der Waals surface area contributed by atoms with Crippen LogP contribution < -0.4 is 10.1 Å². The molecule has 2 aromatic rings. The Morgan fingerprint density at radius 1 is 1.33 bits per heavy atom. The van der Waals surface area contributed by atoms with E-state index in [1.54, 1.807) is 7.05 Å². The number of hydrogen-bond donors (Lipinski definition) is 1. The van der Waals surface area contributed by atoms with Crippen molar-refractivity contribution in [3.63, 3.8) is 0 Å². The first-order valence-electron chi connectivity index (χ1n) is 7.98. The Morgan fingerprint density at radius 3 is 2.88 bits per heavy atom. The molecule has 0 aliphatic carbocycles. The number of amides is 1. The minimum Gasteiger partial charge on any atom is -0.439 e. The van der Waals surface area contributed by atoms with E-state index in [2.05, 4.69) is 15.2 Å². The number of benzene rings is 1. The number of carbonyl (C=O) groups excluding carboxylic acids is 1. The van der Waals surface area contributed by atoms with Crippen LogP contribution in [0.5, 0.6) is 11.6 Å². The van der Waals surface area contributed by atoms with Crippen LogP contribution in [0.1, 0.15) is 5.56 Å². The molecule has 24 heavy (non-hydrogen) atoms.